The topological polar surface area (TPSA) is 95.9 Å². The second kappa shape index (κ2) is 10.3. The van der Waals surface area contributed by atoms with E-state index in [0.717, 1.165) is 36.8 Å². The van der Waals surface area contributed by atoms with E-state index in [-0.39, 0.29) is 31.3 Å². The van der Waals surface area contributed by atoms with E-state index in [1.54, 1.807) is 11.9 Å². The lowest BCUT2D eigenvalue weighted by Gasteiger charge is -2.31. The zero-order chi connectivity index (χ0) is 24.1. The van der Waals surface area contributed by atoms with Crippen LogP contribution in [-0.4, -0.2) is 53.7 Å². The predicted molar refractivity (Wildman–Crippen MR) is 129 cm³/mol. The molecule has 2 aromatic rings. The number of hydrogen-bond acceptors (Lipinski definition) is 4. The Labute approximate surface area is 200 Å². The number of carbonyl (C=O) groups excluding carboxylic acids is 2. The van der Waals surface area contributed by atoms with Crippen molar-refractivity contribution in [3.63, 3.8) is 0 Å². The minimum Gasteiger partial charge on any atom is -0.481 e. The third kappa shape index (κ3) is 5.24. The van der Waals surface area contributed by atoms with Crippen molar-refractivity contribution in [1.82, 2.24) is 10.2 Å². The first-order chi connectivity index (χ1) is 16.4. The molecule has 2 amide bonds. The normalized spacial score (nSPS) is 15.9. The van der Waals surface area contributed by atoms with E-state index < -0.39 is 17.6 Å². The fraction of sp³-hybridized carbons (Fsp3) is 0.444. The summed E-state index contributed by atoms with van der Waals surface area (Å²) in [5.41, 5.74) is 4.06. The minimum absolute atomic E-state index is 0.0142. The van der Waals surface area contributed by atoms with Crippen molar-refractivity contribution in [1.29, 1.82) is 0 Å². The van der Waals surface area contributed by atoms with Crippen molar-refractivity contribution < 1.29 is 24.2 Å². The van der Waals surface area contributed by atoms with Gasteiger partial charge in [0.2, 0.25) is 5.91 Å². The number of nitrogens with zero attached hydrogens (tertiary/aromatic N) is 1. The van der Waals surface area contributed by atoms with Crippen LogP contribution in [-0.2, 0) is 14.3 Å². The first-order valence-electron chi connectivity index (χ1n) is 12.0. The van der Waals surface area contributed by atoms with E-state index >= 15 is 0 Å². The number of carbonyl (C=O) groups is 3. The number of rotatable bonds is 9. The number of aliphatic carboxylic acids is 1. The predicted octanol–water partition coefficient (Wildman–Crippen LogP) is 4.55. The third-order valence-corrected chi connectivity index (χ3v) is 7.07. The fourth-order valence-corrected chi connectivity index (χ4v) is 5.27. The van der Waals surface area contributed by atoms with Crippen LogP contribution in [0.4, 0.5) is 4.79 Å². The first kappa shape index (κ1) is 23.8. The Morgan fingerprint density at radius 3 is 2.21 bits per heavy atom. The summed E-state index contributed by atoms with van der Waals surface area (Å²) in [6.07, 6.45) is 3.48. The molecule has 0 aliphatic heterocycles. The van der Waals surface area contributed by atoms with Crippen molar-refractivity contribution in [2.24, 2.45) is 0 Å². The lowest BCUT2D eigenvalue weighted by atomic mass is 9.92. The van der Waals surface area contributed by atoms with Gasteiger partial charge in [-0.05, 0) is 41.5 Å². The molecule has 34 heavy (non-hydrogen) atoms. The second-order valence-electron chi connectivity index (χ2n) is 9.43. The molecular weight excluding hydrogens is 432 g/mol. The van der Waals surface area contributed by atoms with E-state index in [1.807, 2.05) is 24.3 Å². The maximum atomic E-state index is 12.9. The summed E-state index contributed by atoms with van der Waals surface area (Å²) in [4.78, 5) is 37.9. The number of fused-ring (bicyclic) bond motifs is 3. The average Bonchev–Trinajstić information content (AvgIpc) is 3.40. The Bertz CT molecular complexity index is 1010. The highest BCUT2D eigenvalue weighted by Crippen LogP contribution is 2.44. The summed E-state index contributed by atoms with van der Waals surface area (Å²) in [5, 5.41) is 11.8. The summed E-state index contributed by atoms with van der Waals surface area (Å²) >= 11 is 0. The summed E-state index contributed by atoms with van der Waals surface area (Å²) in [6.45, 7) is 0.616. The fourth-order valence-electron chi connectivity index (χ4n) is 5.27. The molecular formula is C27H32N2O5. The van der Waals surface area contributed by atoms with Crippen LogP contribution in [0.25, 0.3) is 11.1 Å². The minimum atomic E-state index is -0.870. The van der Waals surface area contributed by atoms with Crippen molar-refractivity contribution in [3.05, 3.63) is 59.7 Å². The summed E-state index contributed by atoms with van der Waals surface area (Å²) in [6, 6.07) is 16.4. The van der Waals surface area contributed by atoms with Crippen molar-refractivity contribution >= 4 is 18.0 Å². The molecule has 0 aromatic heterocycles. The maximum Gasteiger partial charge on any atom is 0.407 e. The number of nitrogens with one attached hydrogen (secondary N) is 1. The average molecular weight is 465 g/mol. The number of alkyl carbamates (subject to hydrolysis) is 1. The van der Waals surface area contributed by atoms with Crippen molar-refractivity contribution in [2.45, 2.75) is 56.4 Å². The number of hydrogen-bond donors (Lipinski definition) is 2. The van der Waals surface area contributed by atoms with Gasteiger partial charge in [0, 0.05) is 25.9 Å². The van der Waals surface area contributed by atoms with Crippen LogP contribution in [0.2, 0.25) is 0 Å². The lowest BCUT2D eigenvalue weighted by molar-refractivity contribution is -0.138. The van der Waals surface area contributed by atoms with Crippen LogP contribution in [0.3, 0.4) is 0 Å². The van der Waals surface area contributed by atoms with Crippen LogP contribution in [0.15, 0.2) is 48.5 Å². The van der Waals surface area contributed by atoms with Gasteiger partial charge < -0.3 is 20.1 Å². The van der Waals surface area contributed by atoms with Crippen LogP contribution in [0.1, 0.15) is 62.0 Å². The van der Waals surface area contributed by atoms with Gasteiger partial charge in [0.25, 0.3) is 0 Å². The van der Waals surface area contributed by atoms with Crippen LogP contribution >= 0.6 is 0 Å². The Hall–Kier alpha value is -3.35. The third-order valence-electron chi connectivity index (χ3n) is 7.07. The molecule has 180 valence electrons. The molecule has 0 saturated heterocycles. The SMILES string of the molecule is CN(CCCC(=O)O)C(=O)CC1(NC(=O)OCC2c3ccccc3-c3ccccc32)CCCC1. The Morgan fingerprint density at radius 1 is 1.03 bits per heavy atom. The summed E-state index contributed by atoms with van der Waals surface area (Å²) < 4.78 is 5.72. The molecule has 0 heterocycles. The van der Waals surface area contributed by atoms with Gasteiger partial charge in [0.05, 0.1) is 12.0 Å². The van der Waals surface area contributed by atoms with Gasteiger partial charge in [0.1, 0.15) is 6.61 Å². The molecule has 0 radical (unpaired) electrons. The monoisotopic (exact) mass is 464 g/mol. The van der Waals surface area contributed by atoms with Gasteiger partial charge in [-0.25, -0.2) is 4.79 Å². The smallest absolute Gasteiger partial charge is 0.407 e. The molecule has 2 aliphatic rings. The highest BCUT2D eigenvalue weighted by atomic mass is 16.5. The van der Waals surface area contributed by atoms with Crippen molar-refractivity contribution in [2.75, 3.05) is 20.2 Å². The standard InChI is InChI=1S/C27H32N2O5/c1-29(16-8-13-25(31)32)24(30)17-27(14-6-7-15-27)28-26(33)34-18-23-21-11-4-2-9-19(21)20-10-3-5-12-22(20)23/h2-5,9-12,23H,6-8,13-18H2,1H3,(H,28,33)(H,31,32). The number of carboxylic acid groups (broad SMARTS) is 1. The van der Waals surface area contributed by atoms with Gasteiger partial charge in [-0.3, -0.25) is 9.59 Å². The molecule has 2 N–H and O–H groups in total. The quantitative estimate of drug-likeness (QED) is 0.568. The molecule has 1 fully saturated rings. The van der Waals surface area contributed by atoms with Gasteiger partial charge in [-0.15, -0.1) is 0 Å². The summed E-state index contributed by atoms with van der Waals surface area (Å²) in [5.74, 6) is -0.976. The molecule has 0 spiro atoms. The van der Waals surface area contributed by atoms with E-state index in [4.69, 9.17) is 9.84 Å². The zero-order valence-electron chi connectivity index (χ0n) is 19.6. The van der Waals surface area contributed by atoms with E-state index in [0.29, 0.717) is 13.0 Å². The molecule has 0 atom stereocenters. The van der Waals surface area contributed by atoms with Crippen LogP contribution < -0.4 is 5.32 Å². The molecule has 1 saturated carbocycles. The van der Waals surface area contributed by atoms with Crippen LogP contribution in [0, 0.1) is 0 Å². The molecule has 7 nitrogen and oxygen atoms in total. The Kier molecular flexibility index (Phi) is 7.20. The molecule has 0 bridgehead atoms. The van der Waals surface area contributed by atoms with Crippen LogP contribution in [0.5, 0.6) is 0 Å². The first-order valence-corrected chi connectivity index (χ1v) is 12.0. The van der Waals surface area contributed by atoms with Crippen molar-refractivity contribution in [3.8, 4) is 11.1 Å². The van der Waals surface area contributed by atoms with E-state index in [1.165, 1.54) is 11.1 Å². The highest BCUT2D eigenvalue weighted by Gasteiger charge is 2.39. The van der Waals surface area contributed by atoms with E-state index in [9.17, 15) is 14.4 Å². The second-order valence-corrected chi connectivity index (χ2v) is 9.43. The largest absolute Gasteiger partial charge is 0.481 e. The lowest BCUT2D eigenvalue weighted by Crippen LogP contribution is -2.50. The number of ether oxygens (including phenoxy) is 1. The molecule has 2 aliphatic carbocycles. The Morgan fingerprint density at radius 2 is 1.62 bits per heavy atom. The van der Waals surface area contributed by atoms with Gasteiger partial charge in [-0.1, -0.05) is 61.4 Å². The summed E-state index contributed by atoms with van der Waals surface area (Å²) in [7, 11) is 1.68. The number of benzene rings is 2. The number of amides is 2. The molecule has 4 rings (SSSR count). The number of carboxylic acids is 1. The zero-order valence-corrected chi connectivity index (χ0v) is 19.6. The van der Waals surface area contributed by atoms with Gasteiger partial charge >= 0.3 is 12.1 Å². The molecule has 0 unspecified atom stereocenters. The molecule has 2 aromatic carbocycles. The van der Waals surface area contributed by atoms with Gasteiger partial charge in [0.15, 0.2) is 0 Å². The highest BCUT2D eigenvalue weighted by molar-refractivity contribution is 5.80. The van der Waals surface area contributed by atoms with E-state index in [2.05, 4.69) is 29.6 Å². The Balaban J connectivity index is 1.37. The van der Waals surface area contributed by atoms with Gasteiger partial charge in [-0.2, -0.15) is 0 Å². The molecule has 7 heteroatoms. The maximum absolute atomic E-state index is 12.9.